The normalized spacial score (nSPS) is 12.3. The van der Waals surface area contributed by atoms with Crippen LogP contribution in [0.2, 0.25) is 0 Å². The van der Waals surface area contributed by atoms with Gasteiger partial charge in [0.1, 0.15) is 0 Å². The molecular formula is C43H46N6. The second kappa shape index (κ2) is 16.2. The number of aromatic nitrogens is 3. The van der Waals surface area contributed by atoms with E-state index < -0.39 is 0 Å². The summed E-state index contributed by atoms with van der Waals surface area (Å²) in [5, 5.41) is 7.70. The smallest absolute Gasteiger partial charge is 0.0726 e. The summed E-state index contributed by atoms with van der Waals surface area (Å²) in [5.41, 5.74) is 18.3. The van der Waals surface area contributed by atoms with Gasteiger partial charge in [0.25, 0.3) is 0 Å². The maximum absolute atomic E-state index is 6.15. The highest BCUT2D eigenvalue weighted by Crippen LogP contribution is 2.33. The first-order chi connectivity index (χ1) is 24.0. The standard InChI is InChI=1S/C43H46N6/c1-4-6-18-40(46-34-25-36(29-44)47-41(26-34)33-23-21-30(3)22-24-33)43-28-35(27-42(49-43)32-16-11-8-12-17-32)45-37(5-2)39-20-13-19-38(48-39)31-14-9-7-10-15-31/h7-17,19-28,37,40H,4-6,18,29,44H2,1-3H3,(H,45,49)(H,46,47). The number of rotatable bonds is 14. The topological polar surface area (TPSA) is 88.8 Å². The largest absolute Gasteiger partial charge is 0.377 e. The quantitative estimate of drug-likeness (QED) is 0.109. The number of nitrogens with one attached hydrogen (secondary N) is 2. The van der Waals surface area contributed by atoms with Crippen LogP contribution >= 0.6 is 0 Å². The maximum Gasteiger partial charge on any atom is 0.0726 e. The Labute approximate surface area is 290 Å². The maximum atomic E-state index is 6.15. The van der Waals surface area contributed by atoms with Crippen molar-refractivity contribution in [2.24, 2.45) is 5.73 Å². The third-order valence-electron chi connectivity index (χ3n) is 8.84. The molecule has 3 heterocycles. The Morgan fingerprint density at radius 3 is 1.82 bits per heavy atom. The lowest BCUT2D eigenvalue weighted by Crippen LogP contribution is -2.16. The lowest BCUT2D eigenvalue weighted by Gasteiger charge is -2.24. The number of nitrogens with zero attached hydrogens (tertiary/aromatic N) is 3. The van der Waals surface area contributed by atoms with E-state index in [4.69, 9.17) is 20.7 Å². The predicted octanol–water partition coefficient (Wildman–Crippen LogP) is 10.5. The minimum absolute atomic E-state index is 0.0222. The van der Waals surface area contributed by atoms with Gasteiger partial charge in [0, 0.05) is 34.6 Å². The van der Waals surface area contributed by atoms with E-state index in [-0.39, 0.29) is 12.1 Å². The fourth-order valence-electron chi connectivity index (χ4n) is 6.12. The van der Waals surface area contributed by atoms with Gasteiger partial charge in [-0.05, 0) is 56.2 Å². The molecule has 2 atom stereocenters. The number of benzene rings is 3. The molecule has 0 fully saturated rings. The van der Waals surface area contributed by atoms with Crippen LogP contribution in [-0.4, -0.2) is 15.0 Å². The Kier molecular flexibility index (Phi) is 11.1. The molecule has 0 aliphatic heterocycles. The monoisotopic (exact) mass is 646 g/mol. The Hall–Kier alpha value is -5.33. The van der Waals surface area contributed by atoms with Crippen molar-refractivity contribution in [3.05, 3.63) is 150 Å². The van der Waals surface area contributed by atoms with Crippen LogP contribution in [-0.2, 0) is 6.54 Å². The van der Waals surface area contributed by atoms with Crippen LogP contribution in [0.3, 0.4) is 0 Å². The van der Waals surface area contributed by atoms with Gasteiger partial charge in [-0.2, -0.15) is 0 Å². The highest BCUT2D eigenvalue weighted by atomic mass is 15.0. The molecule has 6 heteroatoms. The third-order valence-corrected chi connectivity index (χ3v) is 8.84. The molecule has 6 aromatic rings. The van der Waals surface area contributed by atoms with Crippen molar-refractivity contribution in [2.75, 3.05) is 10.6 Å². The molecule has 248 valence electrons. The molecule has 6 rings (SSSR count). The zero-order valence-electron chi connectivity index (χ0n) is 28.7. The summed E-state index contributed by atoms with van der Waals surface area (Å²) in [5.74, 6) is 0. The third kappa shape index (κ3) is 8.59. The van der Waals surface area contributed by atoms with E-state index in [2.05, 4.69) is 147 Å². The number of unbranched alkanes of at least 4 members (excludes halogenated alkanes) is 1. The summed E-state index contributed by atoms with van der Waals surface area (Å²) in [4.78, 5) is 15.2. The molecule has 6 nitrogen and oxygen atoms in total. The zero-order valence-corrected chi connectivity index (χ0v) is 28.7. The van der Waals surface area contributed by atoms with Crippen LogP contribution in [0.4, 0.5) is 11.4 Å². The Morgan fingerprint density at radius 1 is 0.571 bits per heavy atom. The molecule has 0 amide bonds. The minimum atomic E-state index is -0.0253. The van der Waals surface area contributed by atoms with Crippen LogP contribution in [0.15, 0.2) is 127 Å². The van der Waals surface area contributed by atoms with E-state index in [1.165, 1.54) is 5.56 Å². The van der Waals surface area contributed by atoms with Gasteiger partial charge in [-0.15, -0.1) is 0 Å². The van der Waals surface area contributed by atoms with Crippen LogP contribution < -0.4 is 16.4 Å². The molecule has 0 saturated heterocycles. The van der Waals surface area contributed by atoms with Gasteiger partial charge >= 0.3 is 0 Å². The van der Waals surface area contributed by atoms with Gasteiger partial charge < -0.3 is 16.4 Å². The molecular weight excluding hydrogens is 601 g/mol. The summed E-state index contributed by atoms with van der Waals surface area (Å²) >= 11 is 0. The average Bonchev–Trinajstić information content (AvgIpc) is 3.16. The zero-order chi connectivity index (χ0) is 34.0. The fourth-order valence-corrected chi connectivity index (χ4v) is 6.12. The number of anilines is 2. The molecule has 4 N–H and O–H groups in total. The van der Waals surface area contributed by atoms with Crippen LogP contribution in [0, 0.1) is 6.92 Å². The van der Waals surface area contributed by atoms with Crippen molar-refractivity contribution in [1.29, 1.82) is 0 Å². The molecule has 2 unspecified atom stereocenters. The Balaban J connectivity index is 1.37. The van der Waals surface area contributed by atoms with Crippen molar-refractivity contribution in [2.45, 2.75) is 65.1 Å². The van der Waals surface area contributed by atoms with E-state index in [1.54, 1.807) is 0 Å². The summed E-state index contributed by atoms with van der Waals surface area (Å²) in [6.07, 6.45) is 3.95. The first kappa shape index (κ1) is 33.6. The first-order valence-electron chi connectivity index (χ1n) is 17.4. The molecule has 0 bridgehead atoms. The van der Waals surface area contributed by atoms with Crippen molar-refractivity contribution >= 4 is 11.4 Å². The lowest BCUT2D eigenvalue weighted by molar-refractivity contribution is 0.622. The Bertz CT molecular complexity index is 1940. The van der Waals surface area contributed by atoms with E-state index in [1.807, 2.05) is 12.1 Å². The summed E-state index contributed by atoms with van der Waals surface area (Å²) in [6.45, 7) is 6.89. The molecule has 3 aromatic heterocycles. The summed E-state index contributed by atoms with van der Waals surface area (Å²) < 4.78 is 0. The van der Waals surface area contributed by atoms with Crippen molar-refractivity contribution in [3.8, 4) is 33.8 Å². The number of hydrogen-bond acceptors (Lipinski definition) is 6. The van der Waals surface area contributed by atoms with Crippen LogP contribution in [0.5, 0.6) is 0 Å². The molecule has 0 spiro atoms. The number of nitrogens with two attached hydrogens (primary N) is 1. The van der Waals surface area contributed by atoms with E-state index >= 15 is 0 Å². The van der Waals surface area contributed by atoms with Crippen LogP contribution in [0.25, 0.3) is 33.8 Å². The number of pyridine rings is 3. The van der Waals surface area contributed by atoms with Crippen LogP contribution in [0.1, 0.15) is 74.3 Å². The SMILES string of the molecule is CCCCC(Nc1cc(CN)nc(-c2ccc(C)cc2)c1)c1cc(NC(CC)c2cccc(-c3ccccc3)n2)cc(-c2ccccc2)n1. The van der Waals surface area contributed by atoms with E-state index in [0.29, 0.717) is 6.54 Å². The van der Waals surface area contributed by atoms with E-state index in [9.17, 15) is 0 Å². The summed E-state index contributed by atoms with van der Waals surface area (Å²) in [6, 6.07) is 44.1. The summed E-state index contributed by atoms with van der Waals surface area (Å²) in [7, 11) is 0. The molecule has 0 saturated carbocycles. The fraction of sp³-hybridized carbons (Fsp3) is 0.233. The lowest BCUT2D eigenvalue weighted by atomic mass is 10.0. The van der Waals surface area contributed by atoms with Gasteiger partial charge in [-0.25, -0.2) is 0 Å². The van der Waals surface area contributed by atoms with Gasteiger partial charge in [0.15, 0.2) is 0 Å². The molecule has 0 radical (unpaired) electrons. The number of aryl methyl sites for hydroxylation is 1. The second-order valence-corrected chi connectivity index (χ2v) is 12.6. The first-order valence-corrected chi connectivity index (χ1v) is 17.4. The Morgan fingerprint density at radius 2 is 1.16 bits per heavy atom. The highest BCUT2D eigenvalue weighted by Gasteiger charge is 2.19. The number of hydrogen-bond donors (Lipinski definition) is 3. The molecule has 49 heavy (non-hydrogen) atoms. The predicted molar refractivity (Wildman–Crippen MR) is 204 cm³/mol. The minimum Gasteiger partial charge on any atom is -0.377 e. The van der Waals surface area contributed by atoms with Crippen molar-refractivity contribution < 1.29 is 0 Å². The van der Waals surface area contributed by atoms with Gasteiger partial charge in [-0.3, -0.25) is 15.0 Å². The second-order valence-electron chi connectivity index (χ2n) is 12.6. The van der Waals surface area contributed by atoms with Gasteiger partial charge in [-0.1, -0.05) is 123 Å². The average molecular weight is 647 g/mol. The molecule has 3 aromatic carbocycles. The van der Waals surface area contributed by atoms with Gasteiger partial charge in [0.05, 0.1) is 46.2 Å². The molecule has 0 aliphatic carbocycles. The molecule has 0 aliphatic rings. The van der Waals surface area contributed by atoms with E-state index in [0.717, 1.165) is 87.9 Å². The highest BCUT2D eigenvalue weighted by molar-refractivity contribution is 5.67. The van der Waals surface area contributed by atoms with Crippen molar-refractivity contribution in [3.63, 3.8) is 0 Å². The van der Waals surface area contributed by atoms with Gasteiger partial charge in [0.2, 0.25) is 0 Å². The van der Waals surface area contributed by atoms with Crippen molar-refractivity contribution in [1.82, 2.24) is 15.0 Å².